The zero-order valence-corrected chi connectivity index (χ0v) is 11.1. The van der Waals surface area contributed by atoms with Gasteiger partial charge in [-0.25, -0.2) is 4.98 Å². The van der Waals surface area contributed by atoms with Crippen LogP contribution in [0.1, 0.15) is 43.2 Å². The summed E-state index contributed by atoms with van der Waals surface area (Å²) in [5.74, 6) is 3.20. The number of nitrogens with zero attached hydrogens (tertiary/aromatic N) is 3. The number of fused-ring (bicyclic) bond motifs is 6. The maximum absolute atomic E-state index is 4.70. The molecule has 1 N–H and O–H groups in total. The highest BCUT2D eigenvalue weighted by Gasteiger charge is 2.44. The molecule has 4 rings (SSSR count). The Balaban J connectivity index is 1.91. The van der Waals surface area contributed by atoms with Crippen molar-refractivity contribution in [3.8, 4) is 0 Å². The van der Waals surface area contributed by atoms with Gasteiger partial charge in [0.2, 0.25) is 0 Å². The predicted molar refractivity (Wildman–Crippen MR) is 71.2 cm³/mol. The monoisotopic (exact) mass is 244 g/mol. The standard InChI is InChI=1S/C14H20N4/c1-9-14-17-8-7-15-13(17)11-5-3-4-6-12(11)18(14)10(2)16-9/h7-8,11-13,15H,3-6H2,1-2H3. The third kappa shape index (κ3) is 1.18. The average Bonchev–Trinajstić information content (AvgIpc) is 2.95. The molecule has 2 aliphatic heterocycles. The molecule has 4 nitrogen and oxygen atoms in total. The second kappa shape index (κ2) is 3.53. The van der Waals surface area contributed by atoms with E-state index in [1.165, 1.54) is 37.3 Å². The SMILES string of the molecule is Cc1nc(C)n2c1N1C=CNC1C1CCCCC12. The van der Waals surface area contributed by atoms with Crippen LogP contribution in [0.4, 0.5) is 5.82 Å². The van der Waals surface area contributed by atoms with E-state index in [0.717, 1.165) is 5.69 Å². The molecule has 4 heteroatoms. The maximum Gasteiger partial charge on any atom is 0.137 e. The van der Waals surface area contributed by atoms with Crippen molar-refractivity contribution < 1.29 is 0 Å². The Morgan fingerprint density at radius 1 is 1.28 bits per heavy atom. The quantitative estimate of drug-likeness (QED) is 0.761. The molecule has 1 aliphatic carbocycles. The molecule has 1 aromatic rings. The first-order valence-electron chi connectivity index (χ1n) is 7.04. The van der Waals surface area contributed by atoms with Gasteiger partial charge in [-0.3, -0.25) is 0 Å². The molecule has 3 atom stereocenters. The lowest BCUT2D eigenvalue weighted by molar-refractivity contribution is 0.176. The summed E-state index contributed by atoms with van der Waals surface area (Å²) in [6.45, 7) is 4.28. The fourth-order valence-corrected chi connectivity index (χ4v) is 4.14. The normalized spacial score (nSPS) is 32.8. The Bertz CT molecular complexity index is 516. The van der Waals surface area contributed by atoms with E-state index < -0.39 is 0 Å². The van der Waals surface area contributed by atoms with Crippen molar-refractivity contribution in [1.29, 1.82) is 0 Å². The van der Waals surface area contributed by atoms with Crippen LogP contribution >= 0.6 is 0 Å². The van der Waals surface area contributed by atoms with Gasteiger partial charge in [0.05, 0.1) is 5.69 Å². The highest BCUT2D eigenvalue weighted by atomic mass is 15.4. The predicted octanol–water partition coefficient (Wildman–Crippen LogP) is 2.45. The van der Waals surface area contributed by atoms with Gasteiger partial charge in [0.25, 0.3) is 0 Å². The topological polar surface area (TPSA) is 33.1 Å². The van der Waals surface area contributed by atoms with Gasteiger partial charge in [-0.2, -0.15) is 0 Å². The molecule has 18 heavy (non-hydrogen) atoms. The Labute approximate surface area is 108 Å². The van der Waals surface area contributed by atoms with Gasteiger partial charge in [0.1, 0.15) is 17.8 Å². The van der Waals surface area contributed by atoms with E-state index in [1.54, 1.807) is 0 Å². The van der Waals surface area contributed by atoms with Crippen LogP contribution in [0.3, 0.4) is 0 Å². The molecule has 3 heterocycles. The second-order valence-electron chi connectivity index (χ2n) is 5.79. The van der Waals surface area contributed by atoms with Crippen LogP contribution in [0.5, 0.6) is 0 Å². The molecule has 0 aromatic carbocycles. The smallest absolute Gasteiger partial charge is 0.137 e. The van der Waals surface area contributed by atoms with Crippen LogP contribution in [-0.4, -0.2) is 15.7 Å². The zero-order valence-electron chi connectivity index (χ0n) is 11.1. The summed E-state index contributed by atoms with van der Waals surface area (Å²) in [6.07, 6.45) is 10.1. The van der Waals surface area contributed by atoms with E-state index in [1.807, 2.05) is 0 Å². The molecule has 3 unspecified atom stereocenters. The first-order chi connectivity index (χ1) is 8.77. The minimum absolute atomic E-state index is 0.456. The van der Waals surface area contributed by atoms with Crippen molar-refractivity contribution in [1.82, 2.24) is 14.9 Å². The van der Waals surface area contributed by atoms with Crippen molar-refractivity contribution in [2.45, 2.75) is 51.7 Å². The van der Waals surface area contributed by atoms with E-state index in [4.69, 9.17) is 4.98 Å². The minimum atomic E-state index is 0.456. The van der Waals surface area contributed by atoms with E-state index in [2.05, 4.69) is 41.0 Å². The molecule has 3 aliphatic rings. The molecule has 1 aromatic heterocycles. The van der Waals surface area contributed by atoms with Crippen LogP contribution in [0.15, 0.2) is 12.4 Å². The zero-order chi connectivity index (χ0) is 12.3. The molecular formula is C14H20N4. The van der Waals surface area contributed by atoms with E-state index >= 15 is 0 Å². The van der Waals surface area contributed by atoms with Gasteiger partial charge in [-0.05, 0) is 26.7 Å². The van der Waals surface area contributed by atoms with Crippen LogP contribution in [-0.2, 0) is 0 Å². The molecule has 1 saturated carbocycles. The van der Waals surface area contributed by atoms with Crippen LogP contribution in [0.25, 0.3) is 0 Å². The molecule has 0 spiro atoms. The van der Waals surface area contributed by atoms with Gasteiger partial charge in [-0.1, -0.05) is 12.8 Å². The fraction of sp³-hybridized carbons (Fsp3) is 0.643. The summed E-state index contributed by atoms with van der Waals surface area (Å²) in [7, 11) is 0. The van der Waals surface area contributed by atoms with Gasteiger partial charge < -0.3 is 14.8 Å². The minimum Gasteiger partial charge on any atom is -0.369 e. The van der Waals surface area contributed by atoms with Crippen LogP contribution in [0.2, 0.25) is 0 Å². The van der Waals surface area contributed by atoms with Crippen molar-refractivity contribution in [2.75, 3.05) is 4.90 Å². The van der Waals surface area contributed by atoms with Gasteiger partial charge in [0, 0.05) is 24.4 Å². The average molecular weight is 244 g/mol. The molecule has 0 radical (unpaired) electrons. The third-order valence-corrected chi connectivity index (χ3v) is 4.80. The summed E-state index contributed by atoms with van der Waals surface area (Å²) in [5.41, 5.74) is 1.16. The fourth-order valence-electron chi connectivity index (χ4n) is 4.14. The third-order valence-electron chi connectivity index (χ3n) is 4.80. The molecule has 1 fully saturated rings. The van der Waals surface area contributed by atoms with Crippen molar-refractivity contribution in [2.24, 2.45) is 5.92 Å². The highest BCUT2D eigenvalue weighted by Crippen LogP contribution is 2.46. The van der Waals surface area contributed by atoms with Crippen molar-refractivity contribution in [3.63, 3.8) is 0 Å². The number of nitrogens with one attached hydrogen (secondary N) is 1. The lowest BCUT2D eigenvalue weighted by Gasteiger charge is -2.46. The number of anilines is 1. The molecule has 0 amide bonds. The lowest BCUT2D eigenvalue weighted by Crippen LogP contribution is -2.51. The lowest BCUT2D eigenvalue weighted by atomic mass is 9.80. The largest absolute Gasteiger partial charge is 0.369 e. The number of aromatic nitrogens is 2. The molecule has 0 saturated heterocycles. The molecule has 0 bridgehead atoms. The molecule has 96 valence electrons. The Morgan fingerprint density at radius 2 is 2.11 bits per heavy atom. The van der Waals surface area contributed by atoms with Crippen LogP contribution in [0, 0.1) is 19.8 Å². The second-order valence-corrected chi connectivity index (χ2v) is 5.79. The van der Waals surface area contributed by atoms with E-state index in [9.17, 15) is 0 Å². The number of imidazole rings is 1. The first-order valence-corrected chi connectivity index (χ1v) is 7.04. The Kier molecular flexibility index (Phi) is 2.05. The summed E-state index contributed by atoms with van der Waals surface area (Å²) < 4.78 is 2.49. The molecular weight excluding hydrogens is 224 g/mol. The summed E-state index contributed by atoms with van der Waals surface area (Å²) >= 11 is 0. The Morgan fingerprint density at radius 3 is 3.00 bits per heavy atom. The van der Waals surface area contributed by atoms with Gasteiger partial charge in [-0.15, -0.1) is 0 Å². The highest BCUT2D eigenvalue weighted by molar-refractivity contribution is 5.54. The van der Waals surface area contributed by atoms with Gasteiger partial charge >= 0.3 is 0 Å². The number of hydrogen-bond acceptors (Lipinski definition) is 3. The van der Waals surface area contributed by atoms with E-state index in [0.29, 0.717) is 18.1 Å². The van der Waals surface area contributed by atoms with Crippen molar-refractivity contribution in [3.05, 3.63) is 23.9 Å². The summed E-state index contributed by atoms with van der Waals surface area (Å²) in [6, 6.07) is 0.642. The van der Waals surface area contributed by atoms with Crippen molar-refractivity contribution >= 4 is 5.82 Å². The number of rotatable bonds is 0. The number of aryl methyl sites for hydroxylation is 2. The summed E-state index contributed by atoms with van der Waals surface area (Å²) in [4.78, 5) is 7.09. The summed E-state index contributed by atoms with van der Waals surface area (Å²) in [5, 5.41) is 3.54. The van der Waals surface area contributed by atoms with E-state index in [-0.39, 0.29) is 0 Å². The van der Waals surface area contributed by atoms with Crippen LogP contribution < -0.4 is 10.2 Å². The maximum atomic E-state index is 4.70. The first kappa shape index (κ1) is 10.5. The number of hydrogen-bond donors (Lipinski definition) is 1. The Hall–Kier alpha value is -1.45. The van der Waals surface area contributed by atoms with Gasteiger partial charge in [0.15, 0.2) is 0 Å².